The first-order valence-corrected chi connectivity index (χ1v) is 11.7. The highest BCUT2D eigenvalue weighted by atomic mass is 19.1. The number of halogens is 1. The van der Waals surface area contributed by atoms with E-state index in [9.17, 15) is 4.39 Å². The van der Waals surface area contributed by atoms with Crippen molar-refractivity contribution >= 4 is 22.4 Å². The van der Waals surface area contributed by atoms with Gasteiger partial charge in [-0.15, -0.1) is 0 Å². The molecule has 3 aromatic rings. The van der Waals surface area contributed by atoms with E-state index in [0.717, 1.165) is 61.1 Å². The molecule has 0 atom stereocenters. The van der Waals surface area contributed by atoms with Crippen molar-refractivity contribution in [3.8, 4) is 5.75 Å². The van der Waals surface area contributed by atoms with Crippen molar-refractivity contribution in [3.63, 3.8) is 0 Å². The standard InChI is InChI=1S/C25H28FN5O2/c1-2-20-23(26)25(30-15-29-20)31-18-3-5-19(6-4-18)33-22-14-17(16-7-11-32-12-8-16)13-21-24(22)28-10-9-27-21/h7,9-10,13-15,18-19H,2-6,8,11-12H2,1H3,(H,29,30,31). The van der Waals surface area contributed by atoms with Crippen LogP contribution in [0.3, 0.4) is 0 Å². The fourth-order valence-electron chi connectivity index (χ4n) is 4.56. The van der Waals surface area contributed by atoms with Gasteiger partial charge in [-0.05, 0) is 61.8 Å². The first kappa shape index (κ1) is 21.7. The number of fused-ring (bicyclic) bond motifs is 1. The molecule has 1 aliphatic carbocycles. The van der Waals surface area contributed by atoms with E-state index in [-0.39, 0.29) is 18.0 Å². The average Bonchev–Trinajstić information content (AvgIpc) is 2.87. The molecule has 0 amide bonds. The molecule has 0 saturated heterocycles. The van der Waals surface area contributed by atoms with Crippen LogP contribution in [0.1, 0.15) is 50.3 Å². The number of rotatable bonds is 6. The van der Waals surface area contributed by atoms with Gasteiger partial charge in [0.2, 0.25) is 0 Å². The van der Waals surface area contributed by atoms with Crippen molar-refractivity contribution < 1.29 is 13.9 Å². The van der Waals surface area contributed by atoms with E-state index in [0.29, 0.717) is 24.5 Å². The number of aromatic nitrogens is 4. The van der Waals surface area contributed by atoms with Gasteiger partial charge in [0.1, 0.15) is 17.6 Å². The molecule has 3 heterocycles. The number of hydrogen-bond acceptors (Lipinski definition) is 7. The lowest BCUT2D eigenvalue weighted by Crippen LogP contribution is -2.32. The maximum atomic E-state index is 14.5. The van der Waals surface area contributed by atoms with Gasteiger partial charge in [0, 0.05) is 18.4 Å². The normalized spacial score (nSPS) is 21.0. The minimum absolute atomic E-state index is 0.0774. The molecule has 172 valence electrons. The molecule has 0 spiro atoms. The third kappa shape index (κ3) is 4.80. The molecule has 7 nitrogen and oxygen atoms in total. The molecular formula is C25H28FN5O2. The van der Waals surface area contributed by atoms with Crippen LogP contribution in [0.15, 0.2) is 36.9 Å². The van der Waals surface area contributed by atoms with E-state index in [1.165, 1.54) is 11.9 Å². The SMILES string of the molecule is CCc1ncnc(NC2CCC(Oc3cc(C4=CCOCC4)cc4nccnc34)CC2)c1F. The molecule has 2 aliphatic rings. The summed E-state index contributed by atoms with van der Waals surface area (Å²) in [6.45, 7) is 3.25. The van der Waals surface area contributed by atoms with Crippen molar-refractivity contribution in [2.24, 2.45) is 0 Å². The minimum atomic E-state index is -0.345. The van der Waals surface area contributed by atoms with Gasteiger partial charge in [0.15, 0.2) is 11.6 Å². The third-order valence-electron chi connectivity index (χ3n) is 6.38. The second-order valence-electron chi connectivity index (χ2n) is 8.53. The fourth-order valence-corrected chi connectivity index (χ4v) is 4.56. The lowest BCUT2D eigenvalue weighted by Gasteiger charge is -2.30. The van der Waals surface area contributed by atoms with Crippen molar-refractivity contribution in [2.75, 3.05) is 18.5 Å². The van der Waals surface area contributed by atoms with Crippen LogP contribution in [0, 0.1) is 5.82 Å². The van der Waals surface area contributed by atoms with Crippen LogP contribution in [0.4, 0.5) is 10.2 Å². The predicted octanol–water partition coefficient (Wildman–Crippen LogP) is 4.73. The Morgan fingerprint density at radius 1 is 1.09 bits per heavy atom. The molecule has 1 aliphatic heterocycles. The maximum Gasteiger partial charge on any atom is 0.186 e. The van der Waals surface area contributed by atoms with Crippen molar-refractivity contribution in [2.45, 2.75) is 57.6 Å². The largest absolute Gasteiger partial charge is 0.488 e. The maximum absolute atomic E-state index is 14.5. The van der Waals surface area contributed by atoms with Crippen LogP contribution < -0.4 is 10.1 Å². The van der Waals surface area contributed by atoms with Gasteiger partial charge in [-0.2, -0.15) is 0 Å². The van der Waals surface area contributed by atoms with E-state index in [2.05, 4.69) is 43.5 Å². The molecule has 0 unspecified atom stereocenters. The van der Waals surface area contributed by atoms with Crippen LogP contribution in [-0.2, 0) is 11.2 Å². The van der Waals surface area contributed by atoms with Gasteiger partial charge < -0.3 is 14.8 Å². The quantitative estimate of drug-likeness (QED) is 0.583. The second kappa shape index (κ2) is 9.79. The van der Waals surface area contributed by atoms with Crippen LogP contribution >= 0.6 is 0 Å². The molecule has 33 heavy (non-hydrogen) atoms. The average molecular weight is 450 g/mol. The van der Waals surface area contributed by atoms with Crippen molar-refractivity contribution in [1.82, 2.24) is 19.9 Å². The monoisotopic (exact) mass is 449 g/mol. The topological polar surface area (TPSA) is 82.1 Å². The first-order valence-electron chi connectivity index (χ1n) is 11.7. The summed E-state index contributed by atoms with van der Waals surface area (Å²) in [5.41, 5.74) is 4.42. The molecule has 0 radical (unpaired) electrons. The van der Waals surface area contributed by atoms with Crippen molar-refractivity contribution in [1.29, 1.82) is 0 Å². The molecule has 2 aromatic heterocycles. The minimum Gasteiger partial charge on any atom is -0.488 e. The van der Waals surface area contributed by atoms with Gasteiger partial charge in [-0.25, -0.2) is 19.3 Å². The Hall–Kier alpha value is -3.13. The highest BCUT2D eigenvalue weighted by molar-refractivity contribution is 5.86. The number of ether oxygens (including phenoxy) is 2. The molecule has 0 bridgehead atoms. The van der Waals surface area contributed by atoms with E-state index >= 15 is 0 Å². The van der Waals surface area contributed by atoms with E-state index in [1.807, 2.05) is 6.92 Å². The summed E-state index contributed by atoms with van der Waals surface area (Å²) in [5, 5.41) is 3.27. The summed E-state index contributed by atoms with van der Waals surface area (Å²) >= 11 is 0. The van der Waals surface area contributed by atoms with Crippen LogP contribution in [0.25, 0.3) is 16.6 Å². The number of nitrogens with one attached hydrogen (secondary N) is 1. The van der Waals surface area contributed by atoms with E-state index < -0.39 is 0 Å². The molecule has 1 aromatic carbocycles. The van der Waals surface area contributed by atoms with Crippen LogP contribution in [0.5, 0.6) is 5.75 Å². The first-order chi connectivity index (χ1) is 16.2. The van der Waals surface area contributed by atoms with Gasteiger partial charge in [-0.1, -0.05) is 13.0 Å². The van der Waals surface area contributed by atoms with Gasteiger partial charge in [-0.3, -0.25) is 4.98 Å². The Balaban J connectivity index is 1.29. The number of nitrogens with zero attached hydrogens (tertiary/aromatic N) is 4. The summed E-state index contributed by atoms with van der Waals surface area (Å²) < 4.78 is 26.4. The Bertz CT molecular complexity index is 1160. The van der Waals surface area contributed by atoms with Gasteiger partial charge in [0.25, 0.3) is 0 Å². The van der Waals surface area contributed by atoms with Crippen molar-refractivity contribution in [3.05, 3.63) is 54.0 Å². The number of anilines is 1. The zero-order valence-corrected chi connectivity index (χ0v) is 18.8. The molecular weight excluding hydrogens is 421 g/mol. The summed E-state index contributed by atoms with van der Waals surface area (Å²) in [6, 6.07) is 4.32. The Morgan fingerprint density at radius 3 is 2.73 bits per heavy atom. The third-order valence-corrected chi connectivity index (χ3v) is 6.38. The van der Waals surface area contributed by atoms with Gasteiger partial charge >= 0.3 is 0 Å². The highest BCUT2D eigenvalue weighted by Gasteiger charge is 2.25. The number of benzene rings is 1. The predicted molar refractivity (Wildman–Crippen MR) is 125 cm³/mol. The van der Waals surface area contributed by atoms with Crippen LogP contribution in [-0.4, -0.2) is 45.3 Å². The summed E-state index contributed by atoms with van der Waals surface area (Å²) in [7, 11) is 0. The molecule has 1 saturated carbocycles. The lowest BCUT2D eigenvalue weighted by molar-refractivity contribution is 0.151. The zero-order valence-electron chi connectivity index (χ0n) is 18.8. The Morgan fingerprint density at radius 2 is 1.94 bits per heavy atom. The molecule has 1 N–H and O–H groups in total. The molecule has 1 fully saturated rings. The Labute approximate surface area is 192 Å². The van der Waals surface area contributed by atoms with Crippen LogP contribution in [0.2, 0.25) is 0 Å². The highest BCUT2D eigenvalue weighted by Crippen LogP contribution is 2.33. The summed E-state index contributed by atoms with van der Waals surface area (Å²) in [6.07, 6.45) is 11.9. The summed E-state index contributed by atoms with van der Waals surface area (Å²) in [5.74, 6) is 0.724. The number of aryl methyl sites for hydroxylation is 1. The lowest BCUT2D eigenvalue weighted by atomic mass is 9.92. The van der Waals surface area contributed by atoms with Gasteiger partial charge in [0.05, 0.1) is 30.5 Å². The number of hydrogen-bond donors (Lipinski definition) is 1. The smallest absolute Gasteiger partial charge is 0.186 e. The molecule has 8 heteroatoms. The molecule has 5 rings (SSSR count). The van der Waals surface area contributed by atoms with E-state index in [1.54, 1.807) is 12.4 Å². The fraction of sp³-hybridized carbons (Fsp3) is 0.440. The zero-order chi connectivity index (χ0) is 22.6. The van der Waals surface area contributed by atoms with E-state index in [4.69, 9.17) is 9.47 Å². The Kier molecular flexibility index (Phi) is 6.44. The summed E-state index contributed by atoms with van der Waals surface area (Å²) in [4.78, 5) is 17.1. The second-order valence-corrected chi connectivity index (χ2v) is 8.53.